The van der Waals surface area contributed by atoms with Gasteiger partial charge in [-0.25, -0.2) is 4.79 Å². The van der Waals surface area contributed by atoms with Crippen LogP contribution in [0.1, 0.15) is 64.0 Å². The fourth-order valence-corrected chi connectivity index (χ4v) is 3.38. The second kappa shape index (κ2) is 8.55. The molecule has 6 nitrogen and oxygen atoms in total. The maximum absolute atomic E-state index is 12.4. The summed E-state index contributed by atoms with van der Waals surface area (Å²) in [5.74, 6) is -1.68. The van der Waals surface area contributed by atoms with E-state index in [-0.39, 0.29) is 11.8 Å². The standard InChI is InChI=1S/C21H30N2O4/c1-13(22-20(27)21(2,3)4)18(24)23-17(19(25)26)12-15-10-7-9-14-8-5-6-11-16(14)15/h5-6,8,11,13,15,17H,7,9-10,12H2,1-4H3,(H,22,27)(H,23,24)(H,25,26). The van der Waals surface area contributed by atoms with Gasteiger partial charge in [0.05, 0.1) is 0 Å². The summed E-state index contributed by atoms with van der Waals surface area (Å²) in [6.45, 7) is 6.84. The van der Waals surface area contributed by atoms with Crippen molar-refractivity contribution in [3.8, 4) is 0 Å². The van der Waals surface area contributed by atoms with Crippen molar-refractivity contribution in [3.05, 3.63) is 35.4 Å². The minimum absolute atomic E-state index is 0.107. The van der Waals surface area contributed by atoms with Crippen LogP contribution in [-0.4, -0.2) is 35.0 Å². The lowest BCUT2D eigenvalue weighted by molar-refractivity contribution is -0.142. The van der Waals surface area contributed by atoms with Gasteiger partial charge in [0.25, 0.3) is 0 Å². The van der Waals surface area contributed by atoms with Crippen molar-refractivity contribution < 1.29 is 19.5 Å². The van der Waals surface area contributed by atoms with Gasteiger partial charge in [-0.05, 0) is 49.7 Å². The predicted octanol–water partition coefficient (Wildman–Crippen LogP) is 2.62. The van der Waals surface area contributed by atoms with Gasteiger partial charge < -0.3 is 15.7 Å². The fraction of sp³-hybridized carbons (Fsp3) is 0.571. The van der Waals surface area contributed by atoms with Crippen molar-refractivity contribution in [3.63, 3.8) is 0 Å². The van der Waals surface area contributed by atoms with E-state index in [2.05, 4.69) is 16.7 Å². The van der Waals surface area contributed by atoms with Crippen molar-refractivity contribution in [2.24, 2.45) is 5.41 Å². The molecular formula is C21H30N2O4. The summed E-state index contributed by atoms with van der Waals surface area (Å²) >= 11 is 0. The van der Waals surface area contributed by atoms with Crippen LogP contribution in [0.3, 0.4) is 0 Å². The number of carboxylic acids is 1. The number of carboxylic acid groups (broad SMARTS) is 1. The highest BCUT2D eigenvalue weighted by molar-refractivity contribution is 5.91. The smallest absolute Gasteiger partial charge is 0.326 e. The minimum atomic E-state index is -1.05. The third-order valence-corrected chi connectivity index (χ3v) is 5.05. The Morgan fingerprint density at radius 3 is 2.48 bits per heavy atom. The number of carbonyl (C=O) groups is 3. The van der Waals surface area contributed by atoms with E-state index >= 15 is 0 Å². The highest BCUT2D eigenvalue weighted by Crippen LogP contribution is 2.34. The number of benzene rings is 1. The van der Waals surface area contributed by atoms with E-state index in [0.29, 0.717) is 6.42 Å². The highest BCUT2D eigenvalue weighted by Gasteiger charge is 2.30. The molecule has 6 heteroatoms. The third-order valence-electron chi connectivity index (χ3n) is 5.05. The van der Waals surface area contributed by atoms with E-state index in [4.69, 9.17) is 0 Å². The van der Waals surface area contributed by atoms with Gasteiger partial charge in [0, 0.05) is 5.41 Å². The largest absolute Gasteiger partial charge is 0.480 e. The van der Waals surface area contributed by atoms with Gasteiger partial charge in [-0.1, -0.05) is 45.0 Å². The van der Waals surface area contributed by atoms with E-state index < -0.39 is 29.4 Å². The molecule has 0 aliphatic heterocycles. The summed E-state index contributed by atoms with van der Waals surface area (Å²) in [6.07, 6.45) is 3.28. The monoisotopic (exact) mass is 374 g/mol. The Hall–Kier alpha value is -2.37. The van der Waals surface area contributed by atoms with E-state index in [9.17, 15) is 19.5 Å². The van der Waals surface area contributed by atoms with Crippen LogP contribution in [0, 0.1) is 5.41 Å². The second-order valence-electron chi connectivity index (χ2n) is 8.37. The molecule has 1 aromatic rings. The zero-order chi connectivity index (χ0) is 20.2. The molecule has 0 saturated carbocycles. The predicted molar refractivity (Wildman–Crippen MR) is 103 cm³/mol. The molecule has 0 aromatic heterocycles. The number of aryl methyl sites for hydroxylation is 1. The normalized spacial score (nSPS) is 18.7. The summed E-state index contributed by atoms with van der Waals surface area (Å²) in [4.78, 5) is 36.2. The second-order valence-corrected chi connectivity index (χ2v) is 8.37. The lowest BCUT2D eigenvalue weighted by atomic mass is 9.79. The van der Waals surface area contributed by atoms with Gasteiger partial charge in [0.1, 0.15) is 12.1 Å². The van der Waals surface area contributed by atoms with Crippen LogP contribution in [0.2, 0.25) is 0 Å². The molecule has 1 aliphatic rings. The Bertz CT molecular complexity index is 708. The zero-order valence-electron chi connectivity index (χ0n) is 16.5. The maximum Gasteiger partial charge on any atom is 0.326 e. The molecule has 0 saturated heterocycles. The molecular weight excluding hydrogens is 344 g/mol. The number of carbonyl (C=O) groups excluding carboxylic acids is 2. The van der Waals surface area contributed by atoms with Gasteiger partial charge >= 0.3 is 5.97 Å². The van der Waals surface area contributed by atoms with Crippen LogP contribution in [-0.2, 0) is 20.8 Å². The van der Waals surface area contributed by atoms with Crippen molar-refractivity contribution in [2.75, 3.05) is 0 Å². The molecule has 2 rings (SSSR count). The lowest BCUT2D eigenvalue weighted by Gasteiger charge is -2.28. The maximum atomic E-state index is 12.4. The molecule has 0 bridgehead atoms. The Morgan fingerprint density at radius 2 is 1.85 bits per heavy atom. The summed E-state index contributed by atoms with van der Waals surface area (Å²) in [6, 6.07) is 6.32. The molecule has 1 aliphatic carbocycles. The van der Waals surface area contributed by atoms with Gasteiger partial charge in [-0.15, -0.1) is 0 Å². The molecule has 27 heavy (non-hydrogen) atoms. The SMILES string of the molecule is CC(NC(=O)C(C)(C)C)C(=O)NC(CC1CCCc2ccccc21)C(=O)O. The molecule has 3 atom stereocenters. The number of amides is 2. The van der Waals surface area contributed by atoms with Crippen LogP contribution in [0.4, 0.5) is 0 Å². The highest BCUT2D eigenvalue weighted by atomic mass is 16.4. The number of hydrogen-bond acceptors (Lipinski definition) is 3. The molecule has 0 heterocycles. The van der Waals surface area contributed by atoms with E-state index in [1.807, 2.05) is 18.2 Å². The molecule has 148 valence electrons. The van der Waals surface area contributed by atoms with Crippen LogP contribution in [0.25, 0.3) is 0 Å². The van der Waals surface area contributed by atoms with Gasteiger partial charge in [-0.3, -0.25) is 9.59 Å². The summed E-state index contributed by atoms with van der Waals surface area (Å²) in [5.41, 5.74) is 1.82. The van der Waals surface area contributed by atoms with Gasteiger partial charge in [0.15, 0.2) is 0 Å². The summed E-state index contributed by atoms with van der Waals surface area (Å²) < 4.78 is 0. The van der Waals surface area contributed by atoms with E-state index in [1.165, 1.54) is 11.1 Å². The van der Waals surface area contributed by atoms with Crippen molar-refractivity contribution in [1.29, 1.82) is 0 Å². The number of nitrogens with one attached hydrogen (secondary N) is 2. The number of fused-ring (bicyclic) bond motifs is 1. The molecule has 2 amide bonds. The lowest BCUT2D eigenvalue weighted by Crippen LogP contribution is -2.52. The minimum Gasteiger partial charge on any atom is -0.480 e. The summed E-state index contributed by atoms with van der Waals surface area (Å²) in [5, 5.41) is 14.8. The molecule has 3 N–H and O–H groups in total. The average Bonchev–Trinajstić information content (AvgIpc) is 2.60. The molecule has 1 aromatic carbocycles. The van der Waals surface area contributed by atoms with E-state index in [1.54, 1.807) is 27.7 Å². The quantitative estimate of drug-likeness (QED) is 0.713. The first-order valence-electron chi connectivity index (χ1n) is 9.51. The first kappa shape index (κ1) is 20.9. The molecule has 0 spiro atoms. The van der Waals surface area contributed by atoms with Crippen LogP contribution in [0.15, 0.2) is 24.3 Å². The zero-order valence-corrected chi connectivity index (χ0v) is 16.5. The molecule has 0 fully saturated rings. The average molecular weight is 374 g/mol. The van der Waals surface area contributed by atoms with Crippen LogP contribution >= 0.6 is 0 Å². The van der Waals surface area contributed by atoms with Crippen LogP contribution in [0.5, 0.6) is 0 Å². The number of hydrogen-bond donors (Lipinski definition) is 3. The Labute approximate surface area is 160 Å². The van der Waals surface area contributed by atoms with Crippen molar-refractivity contribution >= 4 is 17.8 Å². The van der Waals surface area contributed by atoms with Gasteiger partial charge in [0.2, 0.25) is 11.8 Å². The first-order chi connectivity index (χ1) is 12.6. The number of aliphatic carboxylic acids is 1. The fourth-order valence-electron chi connectivity index (χ4n) is 3.38. The van der Waals surface area contributed by atoms with Gasteiger partial charge in [-0.2, -0.15) is 0 Å². The Kier molecular flexibility index (Phi) is 6.63. The Morgan fingerprint density at radius 1 is 1.19 bits per heavy atom. The van der Waals surface area contributed by atoms with Crippen molar-refractivity contribution in [1.82, 2.24) is 10.6 Å². The van der Waals surface area contributed by atoms with E-state index in [0.717, 1.165) is 19.3 Å². The first-order valence-corrected chi connectivity index (χ1v) is 9.51. The number of rotatable bonds is 6. The molecule has 3 unspecified atom stereocenters. The third kappa shape index (κ3) is 5.55. The topological polar surface area (TPSA) is 95.5 Å². The van der Waals surface area contributed by atoms with Crippen molar-refractivity contribution in [2.45, 2.75) is 71.4 Å². The molecule has 0 radical (unpaired) electrons. The Balaban J connectivity index is 2.03. The summed E-state index contributed by atoms with van der Waals surface area (Å²) in [7, 11) is 0. The van der Waals surface area contributed by atoms with Crippen LogP contribution < -0.4 is 10.6 Å².